The Morgan fingerprint density at radius 2 is 1.70 bits per heavy atom. The van der Waals surface area contributed by atoms with Crippen LogP contribution in [-0.2, 0) is 27.5 Å². The lowest BCUT2D eigenvalue weighted by Crippen LogP contribution is -2.40. The maximum absolute atomic E-state index is 12.7. The minimum atomic E-state index is -4.40. The van der Waals surface area contributed by atoms with E-state index in [9.17, 15) is 21.6 Å². The Hall–Kier alpha value is -2.10. The third-order valence-electron chi connectivity index (χ3n) is 4.09. The van der Waals surface area contributed by atoms with E-state index < -0.39 is 21.8 Å². The molecule has 1 aliphatic heterocycles. The molecule has 0 bridgehead atoms. The summed E-state index contributed by atoms with van der Waals surface area (Å²) in [6.07, 6.45) is -4.40. The first-order valence-corrected chi connectivity index (χ1v) is 9.68. The normalized spacial score (nSPS) is 16.3. The summed E-state index contributed by atoms with van der Waals surface area (Å²) < 4.78 is 75.1. The van der Waals surface area contributed by atoms with Crippen molar-refractivity contribution in [3.8, 4) is 5.75 Å². The summed E-state index contributed by atoms with van der Waals surface area (Å²) >= 11 is 0. The molecular formula is C18H18F3NO4S. The van der Waals surface area contributed by atoms with Crippen molar-refractivity contribution >= 4 is 10.0 Å². The van der Waals surface area contributed by atoms with Crippen LogP contribution < -0.4 is 4.74 Å². The minimum Gasteiger partial charge on any atom is -0.489 e. The zero-order valence-corrected chi connectivity index (χ0v) is 15.1. The summed E-state index contributed by atoms with van der Waals surface area (Å²) in [6.45, 7) is 1.35. The molecule has 1 aliphatic rings. The molecule has 0 atom stereocenters. The van der Waals surface area contributed by atoms with E-state index in [4.69, 9.17) is 9.47 Å². The van der Waals surface area contributed by atoms with Crippen molar-refractivity contribution in [2.45, 2.75) is 17.7 Å². The number of ether oxygens (including phenoxy) is 2. The van der Waals surface area contributed by atoms with Crippen LogP contribution in [0, 0.1) is 0 Å². The summed E-state index contributed by atoms with van der Waals surface area (Å²) in [4.78, 5) is 0.151. The predicted octanol–water partition coefficient (Wildman–Crippen LogP) is 3.31. The molecule has 2 aromatic rings. The van der Waals surface area contributed by atoms with Gasteiger partial charge in [0.1, 0.15) is 12.4 Å². The highest BCUT2D eigenvalue weighted by molar-refractivity contribution is 7.89. The van der Waals surface area contributed by atoms with Crippen LogP contribution in [0.2, 0.25) is 0 Å². The zero-order valence-electron chi connectivity index (χ0n) is 14.3. The van der Waals surface area contributed by atoms with Gasteiger partial charge in [-0.3, -0.25) is 0 Å². The standard InChI is InChI=1S/C18H18F3NO4S/c19-18(20,21)15-4-6-16(7-5-15)26-13-14-2-1-3-17(12-14)27(23,24)22-8-10-25-11-9-22/h1-7,12H,8-11,13H2. The van der Waals surface area contributed by atoms with Gasteiger partial charge in [0.2, 0.25) is 10.0 Å². The third kappa shape index (κ3) is 4.79. The van der Waals surface area contributed by atoms with Gasteiger partial charge in [-0.1, -0.05) is 12.1 Å². The number of sulfonamides is 1. The molecule has 0 saturated carbocycles. The Kier molecular flexibility index (Phi) is 5.73. The van der Waals surface area contributed by atoms with Crippen LogP contribution in [0.15, 0.2) is 53.4 Å². The fourth-order valence-electron chi connectivity index (χ4n) is 2.64. The van der Waals surface area contributed by atoms with Crippen LogP contribution in [0.5, 0.6) is 5.75 Å². The molecule has 9 heteroatoms. The van der Waals surface area contributed by atoms with Crippen molar-refractivity contribution in [1.29, 1.82) is 0 Å². The number of morpholine rings is 1. The van der Waals surface area contributed by atoms with Crippen molar-refractivity contribution in [3.05, 3.63) is 59.7 Å². The Balaban J connectivity index is 1.69. The van der Waals surface area contributed by atoms with E-state index in [1.165, 1.54) is 28.6 Å². The average Bonchev–Trinajstić information content (AvgIpc) is 2.67. The molecule has 0 radical (unpaired) electrons. The van der Waals surface area contributed by atoms with Crippen LogP contribution >= 0.6 is 0 Å². The SMILES string of the molecule is O=S(=O)(c1cccc(COc2ccc(C(F)(F)F)cc2)c1)N1CCOCC1. The van der Waals surface area contributed by atoms with Crippen LogP contribution in [0.1, 0.15) is 11.1 Å². The topological polar surface area (TPSA) is 55.8 Å². The molecule has 146 valence electrons. The van der Waals surface area contributed by atoms with Gasteiger partial charge in [-0.05, 0) is 42.0 Å². The van der Waals surface area contributed by atoms with Gasteiger partial charge in [0, 0.05) is 13.1 Å². The van der Waals surface area contributed by atoms with Crippen LogP contribution in [0.3, 0.4) is 0 Å². The zero-order chi connectivity index (χ0) is 19.5. The number of hydrogen-bond acceptors (Lipinski definition) is 4. The second-order valence-corrected chi connectivity index (χ2v) is 7.91. The fourth-order valence-corrected chi connectivity index (χ4v) is 4.12. The Morgan fingerprint density at radius 1 is 1.04 bits per heavy atom. The molecule has 0 aromatic heterocycles. The van der Waals surface area contributed by atoms with Gasteiger partial charge in [-0.15, -0.1) is 0 Å². The van der Waals surface area contributed by atoms with Gasteiger partial charge in [0.15, 0.2) is 0 Å². The van der Waals surface area contributed by atoms with Gasteiger partial charge in [-0.2, -0.15) is 17.5 Å². The maximum Gasteiger partial charge on any atom is 0.416 e. The molecule has 3 rings (SSSR count). The summed E-state index contributed by atoms with van der Waals surface area (Å²) in [5.41, 5.74) is -0.155. The van der Waals surface area contributed by atoms with Crippen molar-refractivity contribution in [2.24, 2.45) is 0 Å². The largest absolute Gasteiger partial charge is 0.489 e. The predicted molar refractivity (Wildman–Crippen MR) is 91.8 cm³/mol. The molecule has 0 amide bonds. The van der Waals surface area contributed by atoms with Gasteiger partial charge >= 0.3 is 6.18 Å². The van der Waals surface area contributed by atoms with Crippen LogP contribution in [0.4, 0.5) is 13.2 Å². The molecule has 0 aliphatic carbocycles. The molecule has 0 spiro atoms. The summed E-state index contributed by atoms with van der Waals surface area (Å²) in [6, 6.07) is 10.7. The molecular weight excluding hydrogens is 383 g/mol. The van der Waals surface area contributed by atoms with E-state index in [-0.39, 0.29) is 17.3 Å². The van der Waals surface area contributed by atoms with Gasteiger partial charge < -0.3 is 9.47 Å². The van der Waals surface area contributed by atoms with E-state index >= 15 is 0 Å². The first-order chi connectivity index (χ1) is 12.8. The van der Waals surface area contributed by atoms with Crippen molar-refractivity contribution in [1.82, 2.24) is 4.31 Å². The lowest BCUT2D eigenvalue weighted by Gasteiger charge is -2.26. The molecule has 2 aromatic carbocycles. The molecule has 1 heterocycles. The number of benzene rings is 2. The van der Waals surface area contributed by atoms with Crippen LogP contribution in [-0.4, -0.2) is 39.0 Å². The van der Waals surface area contributed by atoms with E-state index in [0.29, 0.717) is 31.9 Å². The van der Waals surface area contributed by atoms with E-state index in [1.54, 1.807) is 12.1 Å². The number of alkyl halides is 3. The second kappa shape index (κ2) is 7.87. The average molecular weight is 401 g/mol. The van der Waals surface area contributed by atoms with E-state index in [0.717, 1.165) is 12.1 Å². The first-order valence-electron chi connectivity index (χ1n) is 8.24. The first kappa shape index (κ1) is 19.7. The quantitative estimate of drug-likeness (QED) is 0.772. The monoisotopic (exact) mass is 401 g/mol. The van der Waals surface area contributed by atoms with Gasteiger partial charge in [-0.25, -0.2) is 8.42 Å². The summed E-state index contributed by atoms with van der Waals surface area (Å²) in [5.74, 6) is 0.268. The third-order valence-corrected chi connectivity index (χ3v) is 5.99. The van der Waals surface area contributed by atoms with Crippen molar-refractivity contribution in [3.63, 3.8) is 0 Å². The maximum atomic E-state index is 12.7. The van der Waals surface area contributed by atoms with Crippen molar-refractivity contribution < 1.29 is 31.1 Å². The lowest BCUT2D eigenvalue weighted by atomic mass is 10.2. The fraction of sp³-hybridized carbons (Fsp3) is 0.333. The molecule has 0 N–H and O–H groups in total. The number of rotatable bonds is 5. The molecule has 0 unspecified atom stereocenters. The van der Waals surface area contributed by atoms with Gasteiger partial charge in [0.05, 0.1) is 23.7 Å². The van der Waals surface area contributed by atoms with Gasteiger partial charge in [0.25, 0.3) is 0 Å². The summed E-state index contributed by atoms with van der Waals surface area (Å²) in [7, 11) is -3.62. The van der Waals surface area contributed by atoms with E-state index in [1.807, 2.05) is 0 Å². The summed E-state index contributed by atoms with van der Waals surface area (Å²) in [5, 5.41) is 0. The highest BCUT2D eigenvalue weighted by atomic mass is 32.2. The Morgan fingerprint density at radius 3 is 2.33 bits per heavy atom. The lowest BCUT2D eigenvalue weighted by molar-refractivity contribution is -0.137. The minimum absolute atomic E-state index is 0.0395. The number of hydrogen-bond donors (Lipinski definition) is 0. The smallest absolute Gasteiger partial charge is 0.416 e. The molecule has 1 fully saturated rings. The molecule has 27 heavy (non-hydrogen) atoms. The Bertz CT molecular complexity index is 876. The highest BCUT2D eigenvalue weighted by Gasteiger charge is 2.30. The van der Waals surface area contributed by atoms with E-state index in [2.05, 4.69) is 0 Å². The van der Waals surface area contributed by atoms with Crippen molar-refractivity contribution in [2.75, 3.05) is 26.3 Å². The second-order valence-electron chi connectivity index (χ2n) is 5.97. The molecule has 5 nitrogen and oxygen atoms in total. The number of nitrogens with zero attached hydrogens (tertiary/aromatic N) is 1. The van der Waals surface area contributed by atoms with Crippen LogP contribution in [0.25, 0.3) is 0 Å². The highest BCUT2D eigenvalue weighted by Crippen LogP contribution is 2.30. The Labute approximate surface area is 155 Å². The molecule has 1 saturated heterocycles. The number of halogens is 3.